The molecule has 2 aliphatic rings. The number of fused-ring (bicyclic) bond motifs is 2. The smallest absolute Gasteiger partial charge is 0.313 e. The van der Waals surface area contributed by atoms with Crippen molar-refractivity contribution in [2.24, 2.45) is 17.3 Å². The van der Waals surface area contributed by atoms with Crippen LogP contribution in [0, 0.1) is 17.3 Å². The molecule has 7 heteroatoms. The van der Waals surface area contributed by atoms with E-state index in [0.29, 0.717) is 0 Å². The van der Waals surface area contributed by atoms with Gasteiger partial charge in [-0.25, -0.2) is 0 Å². The minimum Gasteiger partial charge on any atom is -0.481 e. The van der Waals surface area contributed by atoms with Crippen LogP contribution in [-0.2, 0) is 19.1 Å². The molecule has 2 bridgehead atoms. The van der Waals surface area contributed by atoms with Gasteiger partial charge in [0.1, 0.15) is 5.41 Å². The average Bonchev–Trinajstić information content (AvgIpc) is 2.72. The van der Waals surface area contributed by atoms with Gasteiger partial charge < -0.3 is 20.1 Å². The van der Waals surface area contributed by atoms with Gasteiger partial charge >= 0.3 is 17.9 Å². The lowest BCUT2D eigenvalue weighted by Gasteiger charge is -2.30. The third-order valence-electron chi connectivity index (χ3n) is 3.45. The Hall–Kier alpha value is -1.63. The third-order valence-corrected chi connectivity index (χ3v) is 3.45. The van der Waals surface area contributed by atoms with Gasteiger partial charge in [-0.3, -0.25) is 14.4 Å². The predicted octanol–water partition coefficient (Wildman–Crippen LogP) is -0.738. The zero-order chi connectivity index (χ0) is 12.1. The third kappa shape index (κ3) is 1.15. The van der Waals surface area contributed by atoms with Crippen molar-refractivity contribution in [3.63, 3.8) is 0 Å². The molecule has 0 amide bonds. The molecule has 1 aliphatic heterocycles. The van der Waals surface area contributed by atoms with Crippen molar-refractivity contribution in [3.05, 3.63) is 0 Å². The highest BCUT2D eigenvalue weighted by atomic mass is 16.5. The molecule has 4 unspecified atom stereocenters. The van der Waals surface area contributed by atoms with E-state index in [9.17, 15) is 14.4 Å². The largest absolute Gasteiger partial charge is 0.481 e. The standard InChI is InChI=1S/C9H10O7/c10-6(11)4-3-1-9(2-16-3,8(14)15)5(4)7(12)13/h3-5H,1-2H2,(H,10,11)(H,12,13)(H,14,15). The summed E-state index contributed by atoms with van der Waals surface area (Å²) in [5, 5.41) is 27.0. The van der Waals surface area contributed by atoms with Crippen LogP contribution in [0.4, 0.5) is 0 Å². The minimum absolute atomic E-state index is 0.0454. The fourth-order valence-corrected chi connectivity index (χ4v) is 2.71. The number of carboxylic acids is 3. The highest BCUT2D eigenvalue weighted by Gasteiger charge is 2.68. The molecule has 0 spiro atoms. The van der Waals surface area contributed by atoms with E-state index in [4.69, 9.17) is 20.1 Å². The first-order valence-electron chi connectivity index (χ1n) is 4.71. The molecule has 88 valence electrons. The summed E-state index contributed by atoms with van der Waals surface area (Å²) in [4.78, 5) is 33.1. The molecule has 0 aromatic heterocycles. The van der Waals surface area contributed by atoms with Gasteiger partial charge in [-0.1, -0.05) is 0 Å². The molecular formula is C9H10O7. The van der Waals surface area contributed by atoms with Crippen molar-refractivity contribution in [1.82, 2.24) is 0 Å². The van der Waals surface area contributed by atoms with Gasteiger partial charge in [-0.05, 0) is 6.42 Å². The van der Waals surface area contributed by atoms with Crippen LogP contribution in [0.3, 0.4) is 0 Å². The number of hydrogen-bond acceptors (Lipinski definition) is 4. The Kier molecular flexibility index (Phi) is 2.16. The fourth-order valence-electron chi connectivity index (χ4n) is 2.71. The fraction of sp³-hybridized carbons (Fsp3) is 0.667. The molecule has 1 aliphatic carbocycles. The second-order valence-corrected chi connectivity index (χ2v) is 4.19. The van der Waals surface area contributed by atoms with Crippen LogP contribution in [0.15, 0.2) is 0 Å². The first-order chi connectivity index (χ1) is 7.40. The highest BCUT2D eigenvalue weighted by molar-refractivity contribution is 5.90. The summed E-state index contributed by atoms with van der Waals surface area (Å²) in [6, 6.07) is 0. The summed E-state index contributed by atoms with van der Waals surface area (Å²) >= 11 is 0. The van der Waals surface area contributed by atoms with Gasteiger partial charge in [-0.2, -0.15) is 0 Å². The maximum absolute atomic E-state index is 11.1. The van der Waals surface area contributed by atoms with E-state index in [0.717, 1.165) is 0 Å². The maximum Gasteiger partial charge on any atom is 0.313 e. The van der Waals surface area contributed by atoms with Crippen molar-refractivity contribution in [3.8, 4) is 0 Å². The van der Waals surface area contributed by atoms with Crippen LogP contribution in [0.25, 0.3) is 0 Å². The summed E-state index contributed by atoms with van der Waals surface area (Å²) < 4.78 is 5.05. The molecule has 2 fully saturated rings. The van der Waals surface area contributed by atoms with E-state index in [2.05, 4.69) is 0 Å². The van der Waals surface area contributed by atoms with Crippen molar-refractivity contribution in [2.75, 3.05) is 6.61 Å². The SMILES string of the molecule is O=C(O)C1C2CC(C(=O)O)(CO2)C1C(=O)O. The molecule has 2 rings (SSSR count). The molecule has 7 nitrogen and oxygen atoms in total. The molecule has 1 saturated carbocycles. The van der Waals surface area contributed by atoms with Crippen molar-refractivity contribution in [1.29, 1.82) is 0 Å². The summed E-state index contributed by atoms with van der Waals surface area (Å²) in [5.41, 5.74) is -1.58. The second-order valence-electron chi connectivity index (χ2n) is 4.19. The minimum atomic E-state index is -1.58. The Morgan fingerprint density at radius 3 is 2.19 bits per heavy atom. The highest BCUT2D eigenvalue weighted by Crippen LogP contribution is 2.54. The molecule has 0 aromatic carbocycles. The van der Waals surface area contributed by atoms with Crippen molar-refractivity contribution >= 4 is 17.9 Å². The van der Waals surface area contributed by atoms with Crippen molar-refractivity contribution < 1.29 is 34.4 Å². The maximum atomic E-state index is 11.1. The van der Waals surface area contributed by atoms with Gasteiger partial charge in [-0.15, -0.1) is 0 Å². The van der Waals surface area contributed by atoms with E-state index in [-0.39, 0.29) is 13.0 Å². The average molecular weight is 230 g/mol. The topological polar surface area (TPSA) is 121 Å². The van der Waals surface area contributed by atoms with E-state index < -0.39 is 41.3 Å². The van der Waals surface area contributed by atoms with E-state index in [1.807, 2.05) is 0 Å². The number of carboxylic acid groups (broad SMARTS) is 3. The lowest BCUT2D eigenvalue weighted by atomic mass is 9.75. The molecule has 0 aromatic rings. The van der Waals surface area contributed by atoms with Gasteiger partial charge in [0.2, 0.25) is 0 Å². The molecule has 1 heterocycles. The number of hydrogen-bond donors (Lipinski definition) is 3. The van der Waals surface area contributed by atoms with E-state index >= 15 is 0 Å². The van der Waals surface area contributed by atoms with Gasteiger partial charge in [0, 0.05) is 0 Å². The molecule has 1 saturated heterocycles. The molecule has 4 atom stereocenters. The van der Waals surface area contributed by atoms with Crippen LogP contribution in [-0.4, -0.2) is 45.9 Å². The lowest BCUT2D eigenvalue weighted by Crippen LogP contribution is -2.48. The van der Waals surface area contributed by atoms with Crippen LogP contribution in [0.2, 0.25) is 0 Å². The van der Waals surface area contributed by atoms with E-state index in [1.165, 1.54) is 0 Å². The van der Waals surface area contributed by atoms with Gasteiger partial charge in [0.05, 0.1) is 24.5 Å². The number of ether oxygens (including phenoxy) is 1. The zero-order valence-corrected chi connectivity index (χ0v) is 8.12. The molecular weight excluding hydrogens is 220 g/mol. The van der Waals surface area contributed by atoms with E-state index in [1.54, 1.807) is 0 Å². The Balaban J connectivity index is 2.45. The zero-order valence-electron chi connectivity index (χ0n) is 8.12. The van der Waals surface area contributed by atoms with Crippen LogP contribution in [0.5, 0.6) is 0 Å². The number of carbonyl (C=O) groups is 3. The summed E-state index contributed by atoms with van der Waals surface area (Å²) in [5.74, 6) is -6.70. The quantitative estimate of drug-likeness (QED) is 0.583. The Morgan fingerprint density at radius 1 is 1.12 bits per heavy atom. The van der Waals surface area contributed by atoms with Gasteiger partial charge in [0.15, 0.2) is 0 Å². The predicted molar refractivity (Wildman–Crippen MR) is 46.7 cm³/mol. The summed E-state index contributed by atoms with van der Waals surface area (Å²) in [7, 11) is 0. The number of aliphatic carboxylic acids is 3. The second kappa shape index (κ2) is 3.18. The van der Waals surface area contributed by atoms with Crippen LogP contribution in [0.1, 0.15) is 6.42 Å². The van der Waals surface area contributed by atoms with Crippen molar-refractivity contribution in [2.45, 2.75) is 12.5 Å². The summed E-state index contributed by atoms with van der Waals surface area (Å²) in [6.45, 7) is -0.228. The molecule has 3 N–H and O–H groups in total. The Labute approximate surface area is 89.6 Å². The van der Waals surface area contributed by atoms with Crippen LogP contribution >= 0.6 is 0 Å². The molecule has 0 radical (unpaired) electrons. The Bertz CT molecular complexity index is 376. The first-order valence-corrected chi connectivity index (χ1v) is 4.71. The van der Waals surface area contributed by atoms with Gasteiger partial charge in [0.25, 0.3) is 0 Å². The molecule has 16 heavy (non-hydrogen) atoms. The number of rotatable bonds is 3. The van der Waals surface area contributed by atoms with Crippen LogP contribution < -0.4 is 0 Å². The first kappa shape index (κ1) is 10.9. The normalized spacial score (nSPS) is 40.9. The monoisotopic (exact) mass is 230 g/mol. The Morgan fingerprint density at radius 2 is 1.75 bits per heavy atom. The lowest BCUT2D eigenvalue weighted by molar-refractivity contribution is -0.175. The summed E-state index contributed by atoms with van der Waals surface area (Å²) in [6.07, 6.45) is -0.856.